The second-order valence-corrected chi connectivity index (χ2v) is 23.6. The fourth-order valence-electron chi connectivity index (χ4n) is 11.1. The molecule has 0 aromatic carbocycles. The molecule has 9 N–H and O–H groups in total. The topological polar surface area (TPSA) is 228 Å². The summed E-state index contributed by atoms with van der Waals surface area (Å²) in [4.78, 5) is 13.2. The normalized spacial score (nSPS) is 24.5. The minimum absolute atomic E-state index is 0.245. The van der Waals surface area contributed by atoms with Crippen molar-refractivity contribution in [3.63, 3.8) is 0 Å². The molecule has 14 heteroatoms. The molecule has 2 saturated heterocycles. The molecule has 2 aliphatic rings. The Morgan fingerprint density at radius 2 is 0.810 bits per heavy atom. The molecule has 0 bridgehead atoms. The lowest BCUT2D eigenvalue weighted by Gasteiger charge is -2.46. The van der Waals surface area contributed by atoms with Crippen LogP contribution in [0.1, 0.15) is 290 Å². The summed E-state index contributed by atoms with van der Waals surface area (Å²) in [6.45, 7) is 2.78. The van der Waals surface area contributed by atoms with Gasteiger partial charge >= 0.3 is 0 Å². The van der Waals surface area contributed by atoms with Gasteiger partial charge in [0.05, 0.1) is 32.0 Å². The Labute approximate surface area is 481 Å². The summed E-state index contributed by atoms with van der Waals surface area (Å²) in [5.74, 6) is -0.245. The summed E-state index contributed by atoms with van der Waals surface area (Å²) in [5, 5.41) is 87.0. The van der Waals surface area contributed by atoms with Gasteiger partial charge < -0.3 is 65.1 Å². The highest BCUT2D eigenvalue weighted by atomic mass is 16.7. The van der Waals surface area contributed by atoms with E-state index < -0.39 is 86.8 Å². The number of hydrogen-bond acceptors (Lipinski definition) is 13. The third-order valence-corrected chi connectivity index (χ3v) is 16.4. The Morgan fingerprint density at radius 3 is 1.24 bits per heavy atom. The van der Waals surface area contributed by atoms with Crippen molar-refractivity contribution < 1.29 is 64.6 Å². The summed E-state index contributed by atoms with van der Waals surface area (Å²) in [7, 11) is 0. The lowest BCUT2D eigenvalue weighted by Crippen LogP contribution is -2.65. The molecule has 0 saturated carbocycles. The van der Waals surface area contributed by atoms with Crippen molar-refractivity contribution in [2.75, 3.05) is 19.8 Å². The molecule has 12 unspecified atom stereocenters. The highest BCUT2D eigenvalue weighted by Gasteiger charge is 2.51. The first-order valence-electron chi connectivity index (χ1n) is 33.1. The first-order valence-corrected chi connectivity index (χ1v) is 33.1. The Kier molecular flexibility index (Phi) is 47.4. The van der Waals surface area contributed by atoms with Gasteiger partial charge in [0.2, 0.25) is 5.91 Å². The van der Waals surface area contributed by atoms with Crippen molar-refractivity contribution in [1.82, 2.24) is 5.32 Å². The van der Waals surface area contributed by atoms with Gasteiger partial charge in [-0.3, -0.25) is 4.79 Å². The molecule has 466 valence electrons. The van der Waals surface area contributed by atoms with Crippen molar-refractivity contribution in [3.8, 4) is 0 Å². The number of amides is 1. The lowest BCUT2D eigenvalue weighted by molar-refractivity contribution is -0.359. The van der Waals surface area contributed by atoms with Crippen LogP contribution in [-0.4, -0.2) is 140 Å². The van der Waals surface area contributed by atoms with E-state index in [1.807, 2.05) is 6.08 Å². The van der Waals surface area contributed by atoms with Crippen LogP contribution in [0.5, 0.6) is 0 Å². The van der Waals surface area contributed by atoms with Crippen LogP contribution in [0.25, 0.3) is 0 Å². The van der Waals surface area contributed by atoms with Crippen LogP contribution in [0.15, 0.2) is 24.3 Å². The van der Waals surface area contributed by atoms with Crippen LogP contribution in [-0.2, 0) is 23.7 Å². The van der Waals surface area contributed by atoms with Crippen LogP contribution in [0, 0.1) is 0 Å². The van der Waals surface area contributed by atoms with Crippen LogP contribution < -0.4 is 5.32 Å². The van der Waals surface area contributed by atoms with E-state index in [1.165, 1.54) is 225 Å². The van der Waals surface area contributed by atoms with Gasteiger partial charge in [-0.1, -0.05) is 276 Å². The molecule has 2 heterocycles. The highest BCUT2D eigenvalue weighted by Crippen LogP contribution is 2.30. The number of aliphatic hydroxyl groups is 8. The number of ether oxygens (including phenoxy) is 4. The molecule has 2 rings (SSSR count). The molecule has 12 atom stereocenters. The predicted molar refractivity (Wildman–Crippen MR) is 318 cm³/mol. The standard InChI is InChI=1S/C65H123NO13/c1-3-5-7-9-11-13-15-16-17-18-19-20-21-22-23-24-25-26-27-28-29-30-31-32-33-34-35-36-37-39-41-43-45-47-49-57(70)66-53(54(69)48-46-44-42-40-38-14-12-10-8-6-4-2)52-76-64-62(75)60(73)63(56(51-68)78-64)79-65-61(74)59(72)58(71)55(50-67)77-65/h38,40,46,48,53-56,58-65,67-69,71-75H,3-37,39,41-45,47,49-52H2,1-2H3,(H,66,70)/b40-38+,48-46+. The van der Waals surface area contributed by atoms with Gasteiger partial charge in [-0.05, 0) is 32.1 Å². The summed E-state index contributed by atoms with van der Waals surface area (Å²) >= 11 is 0. The second kappa shape index (κ2) is 50.9. The number of carbonyl (C=O) groups is 1. The maximum absolute atomic E-state index is 13.2. The average molecular weight is 1130 g/mol. The third kappa shape index (κ3) is 36.0. The molecule has 0 radical (unpaired) electrons. The number of aliphatic hydroxyl groups excluding tert-OH is 8. The van der Waals surface area contributed by atoms with Gasteiger partial charge in [-0.2, -0.15) is 0 Å². The number of unbranched alkanes of at least 4 members (excludes halogenated alkanes) is 39. The zero-order valence-electron chi connectivity index (χ0n) is 50.4. The van der Waals surface area contributed by atoms with E-state index in [4.69, 9.17) is 18.9 Å². The van der Waals surface area contributed by atoms with Crippen LogP contribution in [0.3, 0.4) is 0 Å². The SMILES string of the molecule is CCCCCCC/C=C/CC/C=C/C(O)C(COC1OC(CO)C(OC2OC(CO)C(O)C(O)C2O)C(O)C1O)NC(=O)CCCCCCCCCCCCCCCCCCCCCCCCCCCCCCCCCCCC. The van der Waals surface area contributed by atoms with Crippen LogP contribution >= 0.6 is 0 Å². The van der Waals surface area contributed by atoms with E-state index >= 15 is 0 Å². The predicted octanol–water partition coefficient (Wildman–Crippen LogP) is 12.4. The highest BCUT2D eigenvalue weighted by molar-refractivity contribution is 5.76. The van der Waals surface area contributed by atoms with Gasteiger partial charge in [0.25, 0.3) is 0 Å². The Morgan fingerprint density at radius 1 is 0.443 bits per heavy atom. The third-order valence-electron chi connectivity index (χ3n) is 16.4. The Bertz CT molecular complexity index is 1420. The first-order chi connectivity index (χ1) is 38.6. The van der Waals surface area contributed by atoms with Crippen LogP contribution in [0.2, 0.25) is 0 Å². The van der Waals surface area contributed by atoms with E-state index in [2.05, 4.69) is 31.3 Å². The van der Waals surface area contributed by atoms with Crippen molar-refractivity contribution in [2.24, 2.45) is 0 Å². The molecule has 2 aliphatic heterocycles. The Balaban J connectivity index is 1.58. The van der Waals surface area contributed by atoms with Gasteiger partial charge in [-0.15, -0.1) is 0 Å². The minimum Gasteiger partial charge on any atom is -0.394 e. The van der Waals surface area contributed by atoms with Gasteiger partial charge in [0.1, 0.15) is 48.8 Å². The maximum atomic E-state index is 13.2. The van der Waals surface area contributed by atoms with Crippen molar-refractivity contribution >= 4 is 5.91 Å². The smallest absolute Gasteiger partial charge is 0.220 e. The molecular weight excluding hydrogens is 1000 g/mol. The fraction of sp³-hybridized carbons (Fsp3) is 0.923. The van der Waals surface area contributed by atoms with Crippen LogP contribution in [0.4, 0.5) is 0 Å². The second-order valence-electron chi connectivity index (χ2n) is 23.6. The van der Waals surface area contributed by atoms with Gasteiger partial charge in [0, 0.05) is 6.42 Å². The maximum Gasteiger partial charge on any atom is 0.220 e. The minimum atomic E-state index is -1.79. The number of allylic oxidation sites excluding steroid dienone is 3. The molecule has 0 aromatic rings. The number of nitrogens with one attached hydrogen (secondary N) is 1. The first kappa shape index (κ1) is 73.6. The number of carbonyl (C=O) groups excluding carboxylic acids is 1. The molecule has 79 heavy (non-hydrogen) atoms. The summed E-state index contributed by atoms with van der Waals surface area (Å²) in [6.07, 6.45) is 45.6. The Hall–Kier alpha value is -1.53. The van der Waals surface area contributed by atoms with E-state index in [-0.39, 0.29) is 18.9 Å². The zero-order valence-corrected chi connectivity index (χ0v) is 50.4. The molecule has 0 aromatic heterocycles. The zero-order chi connectivity index (χ0) is 57.4. The van der Waals surface area contributed by atoms with Crippen molar-refractivity contribution in [1.29, 1.82) is 0 Å². The quantitative estimate of drug-likeness (QED) is 0.0204. The monoisotopic (exact) mass is 1130 g/mol. The average Bonchev–Trinajstić information content (AvgIpc) is 3.55. The van der Waals surface area contributed by atoms with E-state index in [9.17, 15) is 45.6 Å². The van der Waals surface area contributed by atoms with Crippen molar-refractivity contribution in [3.05, 3.63) is 24.3 Å². The molecule has 0 spiro atoms. The van der Waals surface area contributed by atoms with Gasteiger partial charge in [0.15, 0.2) is 12.6 Å². The summed E-state index contributed by atoms with van der Waals surface area (Å²) in [6, 6.07) is -0.927. The van der Waals surface area contributed by atoms with Crippen molar-refractivity contribution in [2.45, 2.75) is 364 Å². The fourth-order valence-corrected chi connectivity index (χ4v) is 11.1. The van der Waals surface area contributed by atoms with E-state index in [0.29, 0.717) is 12.8 Å². The van der Waals surface area contributed by atoms with E-state index in [0.717, 1.165) is 32.1 Å². The largest absolute Gasteiger partial charge is 0.394 e. The number of hydrogen-bond donors (Lipinski definition) is 9. The van der Waals surface area contributed by atoms with E-state index in [1.54, 1.807) is 6.08 Å². The molecule has 2 fully saturated rings. The molecule has 0 aliphatic carbocycles. The summed E-state index contributed by atoms with van der Waals surface area (Å²) < 4.78 is 22.7. The lowest BCUT2D eigenvalue weighted by atomic mass is 9.97. The number of rotatable bonds is 54. The molecule has 14 nitrogen and oxygen atoms in total. The molecular formula is C65H123NO13. The molecule has 1 amide bonds. The van der Waals surface area contributed by atoms with Gasteiger partial charge in [-0.25, -0.2) is 0 Å². The summed E-state index contributed by atoms with van der Waals surface area (Å²) in [5.41, 5.74) is 0.